The number of anilines is 1. The summed E-state index contributed by atoms with van der Waals surface area (Å²) in [7, 11) is 0. The summed E-state index contributed by atoms with van der Waals surface area (Å²) in [6, 6.07) is 0. The lowest BCUT2D eigenvalue weighted by Crippen LogP contribution is -1.93. The highest BCUT2D eigenvalue weighted by Gasteiger charge is 1.97. The Bertz CT molecular complexity index is 301. The predicted octanol–water partition coefficient (Wildman–Crippen LogP) is 2.35. The number of nitrogens with one attached hydrogen (secondary N) is 1. The minimum Gasteiger partial charge on any atom is -0.334 e. The van der Waals surface area contributed by atoms with Gasteiger partial charge in [-0.25, -0.2) is 4.98 Å². The first-order valence-electron chi connectivity index (χ1n) is 3.59. The highest BCUT2D eigenvalue weighted by atomic mass is 32.1. The van der Waals surface area contributed by atoms with Crippen molar-refractivity contribution < 1.29 is 0 Å². The average Bonchev–Trinajstić information content (AvgIpc) is 2.36. The zero-order valence-corrected chi connectivity index (χ0v) is 7.98. The molecule has 0 aromatic carbocycles. The van der Waals surface area contributed by atoms with Gasteiger partial charge >= 0.3 is 0 Å². The van der Waals surface area contributed by atoms with E-state index in [2.05, 4.69) is 21.3 Å². The van der Waals surface area contributed by atoms with Crippen LogP contribution in [0.1, 0.15) is 12.7 Å². The summed E-state index contributed by atoms with van der Waals surface area (Å²) < 4.78 is 4.04. The predicted molar refractivity (Wildman–Crippen MR) is 52.2 cm³/mol. The molecule has 0 saturated heterocycles. The average molecular weight is 181 g/mol. The molecule has 0 atom stereocenters. The van der Waals surface area contributed by atoms with Crippen LogP contribution in [0.15, 0.2) is 24.4 Å². The van der Waals surface area contributed by atoms with E-state index in [9.17, 15) is 0 Å². The van der Waals surface area contributed by atoms with E-state index in [1.165, 1.54) is 11.5 Å². The van der Waals surface area contributed by atoms with E-state index in [0.29, 0.717) is 0 Å². The summed E-state index contributed by atoms with van der Waals surface area (Å²) >= 11 is 1.36. The van der Waals surface area contributed by atoms with E-state index >= 15 is 0 Å². The molecular formula is C8H11N3S. The van der Waals surface area contributed by atoms with Crippen molar-refractivity contribution in [3.63, 3.8) is 0 Å². The lowest BCUT2D eigenvalue weighted by atomic mass is 10.4. The molecule has 1 aromatic rings. The van der Waals surface area contributed by atoms with E-state index in [1.54, 1.807) is 6.08 Å². The summed E-state index contributed by atoms with van der Waals surface area (Å²) in [4.78, 5) is 4.15. The van der Waals surface area contributed by atoms with Crippen LogP contribution in [-0.4, -0.2) is 9.36 Å². The van der Waals surface area contributed by atoms with Crippen molar-refractivity contribution in [2.45, 2.75) is 13.8 Å². The van der Waals surface area contributed by atoms with Gasteiger partial charge < -0.3 is 5.32 Å². The van der Waals surface area contributed by atoms with Crippen LogP contribution < -0.4 is 5.32 Å². The second-order valence-electron chi connectivity index (χ2n) is 2.36. The molecule has 1 rings (SSSR count). The van der Waals surface area contributed by atoms with E-state index in [1.807, 2.05) is 19.9 Å². The maximum absolute atomic E-state index is 4.15. The van der Waals surface area contributed by atoms with Crippen LogP contribution in [-0.2, 0) is 0 Å². The molecular weight excluding hydrogens is 170 g/mol. The maximum atomic E-state index is 4.15. The minimum atomic E-state index is 0.800. The Morgan fingerprint density at radius 3 is 2.92 bits per heavy atom. The number of aromatic nitrogens is 2. The molecule has 1 aromatic heterocycles. The van der Waals surface area contributed by atoms with Crippen molar-refractivity contribution in [2.24, 2.45) is 0 Å². The van der Waals surface area contributed by atoms with Crippen LogP contribution in [0.25, 0.3) is 0 Å². The van der Waals surface area contributed by atoms with Gasteiger partial charge in [0.15, 0.2) is 0 Å². The van der Waals surface area contributed by atoms with Crippen molar-refractivity contribution in [3.8, 4) is 0 Å². The summed E-state index contributed by atoms with van der Waals surface area (Å²) in [5.74, 6) is 0.800. The van der Waals surface area contributed by atoms with Crippen LogP contribution in [0.4, 0.5) is 5.13 Å². The first-order chi connectivity index (χ1) is 5.72. The highest BCUT2D eigenvalue weighted by Crippen LogP contribution is 2.12. The third-order valence-corrected chi connectivity index (χ3v) is 1.92. The Balaban J connectivity index is 2.63. The van der Waals surface area contributed by atoms with Crippen LogP contribution in [0.2, 0.25) is 0 Å². The number of hydrogen-bond acceptors (Lipinski definition) is 4. The lowest BCUT2D eigenvalue weighted by molar-refractivity contribution is 1.16. The van der Waals surface area contributed by atoms with E-state index in [4.69, 9.17) is 0 Å². The van der Waals surface area contributed by atoms with Crippen molar-refractivity contribution >= 4 is 16.7 Å². The van der Waals surface area contributed by atoms with Crippen LogP contribution in [0, 0.1) is 6.92 Å². The van der Waals surface area contributed by atoms with Crippen molar-refractivity contribution in [2.75, 3.05) is 5.32 Å². The minimum absolute atomic E-state index is 0.800. The molecule has 0 spiro atoms. The van der Waals surface area contributed by atoms with Gasteiger partial charge in [-0.2, -0.15) is 4.37 Å². The molecule has 0 aliphatic carbocycles. The molecule has 0 unspecified atom stereocenters. The number of nitrogens with zero attached hydrogens (tertiary/aromatic N) is 2. The highest BCUT2D eigenvalue weighted by molar-refractivity contribution is 7.09. The molecule has 1 heterocycles. The van der Waals surface area contributed by atoms with Gasteiger partial charge in [-0.15, -0.1) is 0 Å². The van der Waals surface area contributed by atoms with Gasteiger partial charge in [0.25, 0.3) is 0 Å². The normalized spacial score (nSPS) is 11.3. The van der Waals surface area contributed by atoms with E-state index < -0.39 is 0 Å². The molecule has 0 saturated carbocycles. The second kappa shape index (κ2) is 4.01. The Hall–Kier alpha value is -1.16. The summed E-state index contributed by atoms with van der Waals surface area (Å²) in [6.07, 6.45) is 3.62. The van der Waals surface area contributed by atoms with Gasteiger partial charge in [-0.05, 0) is 19.9 Å². The third kappa shape index (κ3) is 2.47. The van der Waals surface area contributed by atoms with Gasteiger partial charge in [-0.1, -0.05) is 12.7 Å². The van der Waals surface area contributed by atoms with E-state index in [-0.39, 0.29) is 0 Å². The van der Waals surface area contributed by atoms with Gasteiger partial charge in [0.05, 0.1) is 0 Å². The SMILES string of the molecule is C=C/C=C(\C)Nc1nc(C)ns1. The summed E-state index contributed by atoms with van der Waals surface area (Å²) in [5.41, 5.74) is 1.01. The Kier molecular flexibility index (Phi) is 2.99. The van der Waals surface area contributed by atoms with Gasteiger partial charge in [0.1, 0.15) is 5.82 Å². The molecule has 12 heavy (non-hydrogen) atoms. The van der Waals surface area contributed by atoms with Crippen molar-refractivity contribution in [1.29, 1.82) is 0 Å². The van der Waals surface area contributed by atoms with Gasteiger partial charge in [0, 0.05) is 17.2 Å². The third-order valence-electron chi connectivity index (χ3n) is 1.20. The van der Waals surface area contributed by atoms with Gasteiger partial charge in [0.2, 0.25) is 5.13 Å². The fourth-order valence-corrected chi connectivity index (χ4v) is 1.37. The number of rotatable bonds is 3. The smallest absolute Gasteiger partial charge is 0.206 e. The number of hydrogen-bond donors (Lipinski definition) is 1. The van der Waals surface area contributed by atoms with Crippen LogP contribution in [0.3, 0.4) is 0 Å². The Morgan fingerprint density at radius 2 is 2.42 bits per heavy atom. The first-order valence-corrected chi connectivity index (χ1v) is 4.36. The molecule has 0 aliphatic heterocycles. The quantitative estimate of drug-likeness (QED) is 0.727. The molecule has 1 N–H and O–H groups in total. The fourth-order valence-electron chi connectivity index (χ4n) is 0.735. The summed E-state index contributed by atoms with van der Waals surface area (Å²) in [5, 5.41) is 3.92. The molecule has 0 aliphatic rings. The Labute approximate surface area is 76.0 Å². The van der Waals surface area contributed by atoms with Crippen LogP contribution in [0.5, 0.6) is 0 Å². The molecule has 0 radical (unpaired) electrons. The monoisotopic (exact) mass is 181 g/mol. The summed E-state index contributed by atoms with van der Waals surface area (Å²) in [6.45, 7) is 7.42. The lowest BCUT2D eigenvalue weighted by Gasteiger charge is -1.98. The number of allylic oxidation sites excluding steroid dienone is 3. The first kappa shape index (κ1) is 8.93. The van der Waals surface area contributed by atoms with Crippen molar-refractivity contribution in [3.05, 3.63) is 30.3 Å². The van der Waals surface area contributed by atoms with Crippen LogP contribution >= 0.6 is 11.5 Å². The zero-order valence-electron chi connectivity index (χ0n) is 7.16. The maximum Gasteiger partial charge on any atom is 0.206 e. The Morgan fingerprint density at radius 1 is 1.67 bits per heavy atom. The fraction of sp³-hybridized carbons (Fsp3) is 0.250. The molecule has 3 nitrogen and oxygen atoms in total. The van der Waals surface area contributed by atoms with Crippen molar-refractivity contribution in [1.82, 2.24) is 9.36 Å². The zero-order chi connectivity index (χ0) is 8.97. The molecule has 0 fully saturated rings. The standard InChI is InChI=1S/C8H11N3S/c1-4-5-6(2)9-8-10-7(3)11-12-8/h4-5H,1H2,2-3H3,(H,9,10,11)/b6-5+. The van der Waals surface area contributed by atoms with E-state index in [0.717, 1.165) is 16.7 Å². The van der Waals surface area contributed by atoms with Gasteiger partial charge in [-0.3, -0.25) is 0 Å². The number of aryl methyl sites for hydroxylation is 1. The molecule has 4 heteroatoms. The molecule has 0 bridgehead atoms. The second-order valence-corrected chi connectivity index (χ2v) is 3.11. The largest absolute Gasteiger partial charge is 0.334 e. The molecule has 0 amide bonds. The topological polar surface area (TPSA) is 37.8 Å². The molecule has 64 valence electrons.